The maximum Gasteiger partial charge on any atom is 0.303 e. The Kier molecular flexibility index (Phi) is 9.82. The molecular formula is C22H25N3O9S. The first-order valence-corrected chi connectivity index (χ1v) is 11.1. The van der Waals surface area contributed by atoms with Gasteiger partial charge >= 0.3 is 23.9 Å². The number of esters is 4. The number of hydrogen-bond acceptors (Lipinski definition) is 12. The third-order valence-electron chi connectivity index (χ3n) is 4.15. The number of rotatable bonds is 10. The molecule has 0 aliphatic carbocycles. The minimum Gasteiger partial charge on any atom is -0.462 e. The fourth-order valence-corrected chi connectivity index (χ4v) is 3.84. The van der Waals surface area contributed by atoms with Gasteiger partial charge in [-0.3, -0.25) is 24.0 Å². The second kappa shape index (κ2) is 12.6. The molecule has 0 fully saturated rings. The lowest BCUT2D eigenvalue weighted by Gasteiger charge is -2.30. The molecule has 0 radical (unpaired) electrons. The molecule has 0 saturated carbocycles. The van der Waals surface area contributed by atoms with Crippen molar-refractivity contribution in [2.45, 2.75) is 52.9 Å². The Labute approximate surface area is 204 Å². The monoisotopic (exact) mass is 507 g/mol. The first-order valence-electron chi connectivity index (χ1n) is 10.3. The number of hydrazone groups is 1. The lowest BCUT2D eigenvalue weighted by molar-refractivity contribution is -0.183. The normalized spacial score (nSPS) is 13.5. The lowest BCUT2D eigenvalue weighted by Crippen LogP contribution is -2.48. The number of fused-ring (bicyclic) bond motifs is 1. The maximum atomic E-state index is 12.3. The van der Waals surface area contributed by atoms with Gasteiger partial charge in [-0.15, -0.1) is 0 Å². The highest BCUT2D eigenvalue weighted by Gasteiger charge is 2.37. The van der Waals surface area contributed by atoms with Crippen LogP contribution < -0.4 is 5.01 Å². The van der Waals surface area contributed by atoms with Crippen molar-refractivity contribution in [1.82, 2.24) is 4.98 Å². The first-order chi connectivity index (χ1) is 16.5. The summed E-state index contributed by atoms with van der Waals surface area (Å²) in [5.74, 6) is -3.52. The standard InChI is InChI=1S/C22H25N3O9S/c1-12(26)25(22-24-17-8-6-7-9-20(17)35-22)23-10-18(32-14(3)28)21(34-16(5)30)19(33-15(4)29)11-31-13(2)27/h6-10,18-19,21H,11H2,1-5H3/b23-10-/t18-,19-,21+/m1/s1. The van der Waals surface area contributed by atoms with Crippen LogP contribution in [0.3, 0.4) is 0 Å². The number of aromatic nitrogens is 1. The Morgan fingerprint density at radius 3 is 2.11 bits per heavy atom. The van der Waals surface area contributed by atoms with Crippen molar-refractivity contribution in [3.63, 3.8) is 0 Å². The lowest BCUT2D eigenvalue weighted by atomic mass is 10.1. The summed E-state index contributed by atoms with van der Waals surface area (Å²) in [5, 5.41) is 5.35. The predicted octanol–water partition coefficient (Wildman–Crippen LogP) is 1.99. The van der Waals surface area contributed by atoms with Gasteiger partial charge in [-0.1, -0.05) is 23.5 Å². The number of para-hydroxylation sites is 1. The molecule has 0 aliphatic heterocycles. The average molecular weight is 508 g/mol. The van der Waals surface area contributed by atoms with Crippen LogP contribution >= 0.6 is 11.3 Å². The van der Waals surface area contributed by atoms with Gasteiger partial charge in [-0.25, -0.2) is 4.98 Å². The molecule has 13 heteroatoms. The molecule has 2 rings (SSSR count). The van der Waals surface area contributed by atoms with E-state index in [1.54, 1.807) is 12.1 Å². The van der Waals surface area contributed by atoms with Gasteiger partial charge in [0.15, 0.2) is 18.3 Å². The minimum absolute atomic E-state index is 0.247. The predicted molar refractivity (Wildman–Crippen MR) is 125 cm³/mol. The number of benzene rings is 1. The zero-order valence-corrected chi connectivity index (χ0v) is 20.6. The van der Waals surface area contributed by atoms with E-state index in [0.717, 1.165) is 43.6 Å². The summed E-state index contributed by atoms with van der Waals surface area (Å²) >= 11 is 1.20. The zero-order valence-electron chi connectivity index (χ0n) is 19.8. The molecule has 0 saturated heterocycles. The van der Waals surface area contributed by atoms with Crippen LogP contribution in [0.4, 0.5) is 5.13 Å². The average Bonchev–Trinajstić information content (AvgIpc) is 3.17. The maximum absolute atomic E-state index is 12.3. The van der Waals surface area contributed by atoms with Crippen molar-refractivity contribution in [3.8, 4) is 0 Å². The smallest absolute Gasteiger partial charge is 0.303 e. The quantitative estimate of drug-likeness (QED) is 0.202. The highest BCUT2D eigenvalue weighted by molar-refractivity contribution is 7.22. The Morgan fingerprint density at radius 2 is 1.57 bits per heavy atom. The summed E-state index contributed by atoms with van der Waals surface area (Å²) in [7, 11) is 0. The fraction of sp³-hybridized carbons (Fsp3) is 0.409. The highest BCUT2D eigenvalue weighted by atomic mass is 32.1. The number of carbonyl (C=O) groups excluding carboxylic acids is 5. The molecule has 0 N–H and O–H groups in total. The van der Waals surface area contributed by atoms with Crippen LogP contribution in [-0.2, 0) is 42.9 Å². The van der Waals surface area contributed by atoms with E-state index in [-0.39, 0.29) is 5.13 Å². The fourth-order valence-electron chi connectivity index (χ4n) is 2.88. The number of thiazole rings is 1. The van der Waals surface area contributed by atoms with Crippen LogP contribution in [0.5, 0.6) is 0 Å². The summed E-state index contributed by atoms with van der Waals surface area (Å²) in [5.41, 5.74) is 0.652. The van der Waals surface area contributed by atoms with E-state index in [0.29, 0.717) is 5.52 Å². The van der Waals surface area contributed by atoms with Crippen molar-refractivity contribution in [2.75, 3.05) is 11.6 Å². The van der Waals surface area contributed by atoms with Crippen molar-refractivity contribution >= 4 is 62.7 Å². The molecule has 188 valence electrons. The van der Waals surface area contributed by atoms with E-state index in [4.69, 9.17) is 18.9 Å². The van der Waals surface area contributed by atoms with Gasteiger partial charge in [-0.2, -0.15) is 10.1 Å². The molecule has 0 aliphatic rings. The number of carbonyl (C=O) groups is 5. The molecular weight excluding hydrogens is 482 g/mol. The van der Waals surface area contributed by atoms with Gasteiger partial charge in [0, 0.05) is 34.6 Å². The van der Waals surface area contributed by atoms with E-state index < -0.39 is 54.7 Å². The van der Waals surface area contributed by atoms with E-state index in [2.05, 4.69) is 10.1 Å². The molecule has 1 aromatic heterocycles. The largest absolute Gasteiger partial charge is 0.462 e. The van der Waals surface area contributed by atoms with Crippen LogP contribution in [0.15, 0.2) is 29.4 Å². The van der Waals surface area contributed by atoms with Gasteiger partial charge < -0.3 is 18.9 Å². The molecule has 0 bridgehead atoms. The third kappa shape index (κ3) is 8.45. The molecule has 12 nitrogen and oxygen atoms in total. The molecule has 0 spiro atoms. The molecule has 1 heterocycles. The van der Waals surface area contributed by atoms with E-state index in [1.165, 1.54) is 18.3 Å². The summed E-state index contributed by atoms with van der Waals surface area (Å²) in [6.45, 7) is 5.21. The van der Waals surface area contributed by atoms with E-state index >= 15 is 0 Å². The van der Waals surface area contributed by atoms with E-state index in [1.807, 2.05) is 12.1 Å². The van der Waals surface area contributed by atoms with Crippen LogP contribution in [0.2, 0.25) is 0 Å². The summed E-state index contributed by atoms with van der Waals surface area (Å²) in [4.78, 5) is 63.3. The Bertz CT molecular complexity index is 1100. The Balaban J connectivity index is 2.46. The second-order valence-corrected chi connectivity index (χ2v) is 8.17. The minimum atomic E-state index is -1.45. The topological polar surface area (TPSA) is 151 Å². The van der Waals surface area contributed by atoms with Crippen LogP contribution in [0.1, 0.15) is 34.6 Å². The van der Waals surface area contributed by atoms with Gasteiger partial charge in [0.25, 0.3) is 0 Å². The van der Waals surface area contributed by atoms with Crippen LogP contribution in [-0.4, -0.2) is 65.9 Å². The molecule has 2 aromatic rings. The Hall–Kier alpha value is -3.87. The second-order valence-electron chi connectivity index (χ2n) is 7.16. The van der Waals surface area contributed by atoms with Crippen LogP contribution in [0.25, 0.3) is 10.2 Å². The summed E-state index contributed by atoms with van der Waals surface area (Å²) < 4.78 is 21.4. The third-order valence-corrected chi connectivity index (χ3v) is 5.17. The molecule has 3 atom stereocenters. The summed E-state index contributed by atoms with van der Waals surface area (Å²) in [6, 6.07) is 7.22. The highest BCUT2D eigenvalue weighted by Crippen LogP contribution is 2.29. The SMILES string of the molecule is CC(=O)OC[C@@H](OC(C)=O)[C@@H](OC(C)=O)[C@@H](/C=N\N(C(C)=O)c1nc2ccccc2s1)OC(C)=O. The van der Waals surface area contributed by atoms with Gasteiger partial charge in [0.2, 0.25) is 11.0 Å². The number of amides is 1. The van der Waals surface area contributed by atoms with Crippen molar-refractivity contribution in [1.29, 1.82) is 0 Å². The van der Waals surface area contributed by atoms with Crippen molar-refractivity contribution in [2.24, 2.45) is 5.10 Å². The number of ether oxygens (including phenoxy) is 4. The number of hydrogen-bond donors (Lipinski definition) is 0. The zero-order chi connectivity index (χ0) is 26.1. The summed E-state index contributed by atoms with van der Waals surface area (Å²) in [6.07, 6.45) is -3.17. The van der Waals surface area contributed by atoms with Crippen molar-refractivity contribution < 1.29 is 42.9 Å². The van der Waals surface area contributed by atoms with Crippen molar-refractivity contribution in [3.05, 3.63) is 24.3 Å². The van der Waals surface area contributed by atoms with Gasteiger partial charge in [-0.05, 0) is 12.1 Å². The first kappa shape index (κ1) is 27.4. The molecule has 0 unspecified atom stereocenters. The number of nitrogens with zero attached hydrogens (tertiary/aromatic N) is 3. The van der Waals surface area contributed by atoms with E-state index in [9.17, 15) is 24.0 Å². The van der Waals surface area contributed by atoms with Crippen LogP contribution in [0, 0.1) is 0 Å². The molecule has 1 aromatic carbocycles. The molecule has 35 heavy (non-hydrogen) atoms. The number of anilines is 1. The Morgan fingerprint density at radius 1 is 0.943 bits per heavy atom. The van der Waals surface area contributed by atoms with Gasteiger partial charge in [0.05, 0.1) is 16.4 Å². The van der Waals surface area contributed by atoms with Gasteiger partial charge in [0.1, 0.15) is 6.61 Å². The molecule has 1 amide bonds.